The van der Waals surface area contributed by atoms with Crippen molar-refractivity contribution < 1.29 is 19.2 Å². The highest BCUT2D eigenvalue weighted by Gasteiger charge is 2.20. The van der Waals surface area contributed by atoms with E-state index in [2.05, 4.69) is 10.4 Å². The molecule has 0 radical (unpaired) electrons. The Bertz CT molecular complexity index is 486. The topological polar surface area (TPSA) is 109 Å². The highest BCUT2D eigenvalue weighted by molar-refractivity contribution is 5.75. The average molecular weight is 300 g/mol. The molecular formula is C12H20N4O5. The minimum absolute atomic E-state index is 0.102. The van der Waals surface area contributed by atoms with E-state index in [1.54, 1.807) is 0 Å². The first-order chi connectivity index (χ1) is 9.93. The zero-order valence-corrected chi connectivity index (χ0v) is 12.4. The second-order valence-electron chi connectivity index (χ2n) is 4.60. The van der Waals surface area contributed by atoms with E-state index in [9.17, 15) is 14.9 Å². The summed E-state index contributed by atoms with van der Waals surface area (Å²) >= 11 is 0. The minimum atomic E-state index is -0.608. The number of hydrogen-bond donors (Lipinski definition) is 1. The number of carbonyl (C=O) groups is 1. The molecule has 0 unspecified atom stereocenters. The molecule has 0 atom stereocenters. The Balaban J connectivity index is 2.39. The number of methoxy groups -OCH3 is 1. The van der Waals surface area contributed by atoms with Crippen LogP contribution in [0.1, 0.15) is 20.3 Å². The molecule has 21 heavy (non-hydrogen) atoms. The monoisotopic (exact) mass is 300 g/mol. The fraction of sp³-hybridized carbons (Fsp3) is 0.667. The van der Waals surface area contributed by atoms with Crippen molar-refractivity contribution in [3.8, 4) is 5.88 Å². The summed E-state index contributed by atoms with van der Waals surface area (Å²) < 4.78 is 11.3. The average Bonchev–Trinajstić information content (AvgIpc) is 2.81. The molecule has 0 spiro atoms. The number of nitrogens with zero attached hydrogens (tertiary/aromatic N) is 3. The van der Waals surface area contributed by atoms with Crippen LogP contribution in [0.25, 0.3) is 0 Å². The number of nitro groups is 1. The number of ether oxygens (including phenoxy) is 2. The largest absolute Gasteiger partial charge is 0.475 e. The Labute approximate surface area is 122 Å². The molecule has 0 saturated heterocycles. The molecule has 0 saturated carbocycles. The van der Waals surface area contributed by atoms with Gasteiger partial charge in [0.1, 0.15) is 12.7 Å². The van der Waals surface area contributed by atoms with Crippen molar-refractivity contribution in [1.29, 1.82) is 0 Å². The molecule has 0 bridgehead atoms. The second-order valence-corrected chi connectivity index (χ2v) is 4.60. The molecule has 0 aliphatic heterocycles. The van der Waals surface area contributed by atoms with Gasteiger partial charge >= 0.3 is 11.6 Å². The summed E-state index contributed by atoms with van der Waals surface area (Å²) in [6, 6.07) is 0. The van der Waals surface area contributed by atoms with Gasteiger partial charge in [0.15, 0.2) is 0 Å². The fourth-order valence-electron chi connectivity index (χ4n) is 1.57. The first-order valence-corrected chi connectivity index (χ1v) is 6.58. The van der Waals surface area contributed by atoms with E-state index in [4.69, 9.17) is 9.47 Å². The lowest BCUT2D eigenvalue weighted by molar-refractivity contribution is -0.385. The van der Waals surface area contributed by atoms with E-state index in [1.165, 1.54) is 18.0 Å². The number of rotatable bonds is 9. The molecule has 1 aromatic rings. The van der Waals surface area contributed by atoms with Crippen molar-refractivity contribution in [2.75, 3.05) is 20.3 Å². The van der Waals surface area contributed by atoms with Gasteiger partial charge in [-0.15, -0.1) is 5.10 Å². The number of amides is 1. The summed E-state index contributed by atoms with van der Waals surface area (Å²) in [5.41, 5.74) is -0.268. The third-order valence-corrected chi connectivity index (χ3v) is 2.50. The number of hydrogen-bond acceptors (Lipinski definition) is 6. The molecular weight excluding hydrogens is 280 g/mol. The number of aromatic nitrogens is 2. The van der Waals surface area contributed by atoms with Crippen LogP contribution in [0.2, 0.25) is 0 Å². The number of nitrogens with one attached hydrogen (secondary N) is 1. The summed E-state index contributed by atoms with van der Waals surface area (Å²) in [7, 11) is 1.29. The molecule has 118 valence electrons. The van der Waals surface area contributed by atoms with Crippen LogP contribution in [0.15, 0.2) is 6.20 Å². The quantitative estimate of drug-likeness (QED) is 0.409. The van der Waals surface area contributed by atoms with Gasteiger partial charge in [0.25, 0.3) is 0 Å². The van der Waals surface area contributed by atoms with Gasteiger partial charge in [-0.3, -0.25) is 19.6 Å². The van der Waals surface area contributed by atoms with Crippen molar-refractivity contribution >= 4 is 11.6 Å². The van der Waals surface area contributed by atoms with Gasteiger partial charge in [0.05, 0.1) is 18.1 Å². The van der Waals surface area contributed by atoms with E-state index < -0.39 is 4.92 Å². The van der Waals surface area contributed by atoms with Gasteiger partial charge in [0, 0.05) is 13.2 Å². The Morgan fingerprint density at radius 1 is 1.57 bits per heavy atom. The molecule has 1 amide bonds. The molecule has 1 heterocycles. The van der Waals surface area contributed by atoms with Gasteiger partial charge in [-0.1, -0.05) is 0 Å². The van der Waals surface area contributed by atoms with E-state index in [0.29, 0.717) is 19.6 Å². The first kappa shape index (κ1) is 16.9. The van der Waals surface area contributed by atoms with Crippen molar-refractivity contribution in [1.82, 2.24) is 15.1 Å². The maximum atomic E-state index is 11.7. The van der Waals surface area contributed by atoms with Crippen LogP contribution in [0.4, 0.5) is 5.69 Å². The third-order valence-electron chi connectivity index (χ3n) is 2.50. The lowest BCUT2D eigenvalue weighted by Gasteiger charge is -2.08. The van der Waals surface area contributed by atoms with Crippen molar-refractivity contribution in [2.45, 2.75) is 32.9 Å². The Morgan fingerprint density at radius 2 is 2.29 bits per heavy atom. The predicted molar refractivity (Wildman–Crippen MR) is 74.1 cm³/mol. The normalized spacial score (nSPS) is 10.7. The molecule has 1 N–H and O–H groups in total. The van der Waals surface area contributed by atoms with Gasteiger partial charge in [-0.05, 0) is 20.3 Å². The van der Waals surface area contributed by atoms with Gasteiger partial charge < -0.3 is 14.8 Å². The Morgan fingerprint density at radius 3 is 2.81 bits per heavy atom. The highest BCUT2D eigenvalue weighted by atomic mass is 16.6. The SMILES string of the molecule is COc1nn(CC(=O)NCCCOC(C)C)cc1[N+](=O)[O-]. The van der Waals surface area contributed by atoms with Crippen molar-refractivity contribution in [2.24, 2.45) is 0 Å². The number of carbonyl (C=O) groups excluding carboxylic acids is 1. The van der Waals surface area contributed by atoms with Crippen LogP contribution in [0, 0.1) is 10.1 Å². The van der Waals surface area contributed by atoms with Crippen LogP contribution in [0.3, 0.4) is 0 Å². The molecule has 1 rings (SSSR count). The summed E-state index contributed by atoms with van der Waals surface area (Å²) in [5.74, 6) is -0.391. The van der Waals surface area contributed by atoms with Gasteiger partial charge in [0.2, 0.25) is 5.91 Å². The van der Waals surface area contributed by atoms with Crippen LogP contribution in [0.5, 0.6) is 5.88 Å². The predicted octanol–water partition coefficient (Wildman–Crippen LogP) is 0.731. The van der Waals surface area contributed by atoms with Crippen LogP contribution in [-0.2, 0) is 16.1 Å². The first-order valence-electron chi connectivity index (χ1n) is 6.58. The van der Waals surface area contributed by atoms with Gasteiger partial charge in [-0.2, -0.15) is 0 Å². The molecule has 0 fully saturated rings. The summed E-state index contributed by atoms with van der Waals surface area (Å²) in [5, 5.41) is 17.3. The third kappa shape index (κ3) is 5.78. The van der Waals surface area contributed by atoms with E-state index in [-0.39, 0.29) is 30.1 Å². The van der Waals surface area contributed by atoms with Crippen molar-refractivity contribution in [3.05, 3.63) is 16.3 Å². The summed E-state index contributed by atoms with van der Waals surface area (Å²) in [4.78, 5) is 21.8. The van der Waals surface area contributed by atoms with Crippen LogP contribution >= 0.6 is 0 Å². The maximum Gasteiger partial charge on any atom is 0.350 e. The molecule has 0 aliphatic rings. The summed E-state index contributed by atoms with van der Waals surface area (Å²) in [6.07, 6.45) is 2.03. The molecule has 0 aromatic carbocycles. The smallest absolute Gasteiger partial charge is 0.350 e. The molecule has 0 aliphatic carbocycles. The van der Waals surface area contributed by atoms with Crippen LogP contribution in [-0.4, -0.2) is 47.0 Å². The van der Waals surface area contributed by atoms with E-state index >= 15 is 0 Å². The molecule has 1 aromatic heterocycles. The second kappa shape index (κ2) is 8.20. The zero-order valence-electron chi connectivity index (χ0n) is 12.4. The summed E-state index contributed by atoms with van der Waals surface area (Å²) in [6.45, 7) is 4.83. The Kier molecular flexibility index (Phi) is 6.60. The molecule has 9 heteroatoms. The van der Waals surface area contributed by atoms with Gasteiger partial charge in [-0.25, -0.2) is 0 Å². The Hall–Kier alpha value is -2.16. The lowest BCUT2D eigenvalue weighted by Crippen LogP contribution is -2.29. The van der Waals surface area contributed by atoms with Crippen molar-refractivity contribution in [3.63, 3.8) is 0 Å². The molecule has 9 nitrogen and oxygen atoms in total. The van der Waals surface area contributed by atoms with E-state index in [0.717, 1.165) is 0 Å². The minimum Gasteiger partial charge on any atom is -0.475 e. The maximum absolute atomic E-state index is 11.7. The van der Waals surface area contributed by atoms with Crippen LogP contribution < -0.4 is 10.1 Å². The standard InChI is InChI=1S/C12H20N4O5/c1-9(2)21-6-4-5-13-11(17)8-15-7-10(16(18)19)12(14-15)20-3/h7,9H,4-6,8H2,1-3H3,(H,13,17). The fourth-order valence-corrected chi connectivity index (χ4v) is 1.57. The highest BCUT2D eigenvalue weighted by Crippen LogP contribution is 2.23. The zero-order chi connectivity index (χ0) is 15.8. The van der Waals surface area contributed by atoms with E-state index in [1.807, 2.05) is 13.8 Å². The lowest BCUT2D eigenvalue weighted by atomic mass is 10.4.